The van der Waals surface area contributed by atoms with Crippen molar-refractivity contribution in [2.45, 2.75) is 17.7 Å². The first-order valence-electron chi connectivity index (χ1n) is 6.29. The number of benzene rings is 1. The number of nitrogens with zero attached hydrogens (tertiary/aromatic N) is 1. The molecule has 18 heavy (non-hydrogen) atoms. The minimum absolute atomic E-state index is 0.00405. The summed E-state index contributed by atoms with van der Waals surface area (Å²) in [6.07, 6.45) is 2.59. The fourth-order valence-corrected chi connectivity index (χ4v) is 1.95. The van der Waals surface area contributed by atoms with Gasteiger partial charge in [0.1, 0.15) is 0 Å². The molecule has 0 saturated heterocycles. The zero-order chi connectivity index (χ0) is 13.0. The van der Waals surface area contributed by atoms with Gasteiger partial charge >= 0.3 is 0 Å². The standard InChI is InChI=1S/C14H19NO2S/c1-15(8-9-17-10-11-6-7-11)14(16)12-4-2-3-5-13(12)18/h2-5,11,18H,6-10H2,1H3. The summed E-state index contributed by atoms with van der Waals surface area (Å²) in [5.74, 6) is 0.764. The molecule has 2 rings (SSSR count). The van der Waals surface area contributed by atoms with Gasteiger partial charge < -0.3 is 9.64 Å². The van der Waals surface area contributed by atoms with E-state index in [1.807, 2.05) is 18.2 Å². The molecule has 0 heterocycles. The number of amides is 1. The molecule has 0 radical (unpaired) electrons. The van der Waals surface area contributed by atoms with Gasteiger partial charge in [0.05, 0.1) is 12.2 Å². The first-order chi connectivity index (χ1) is 8.68. The van der Waals surface area contributed by atoms with Gasteiger partial charge in [-0.15, -0.1) is 12.6 Å². The van der Waals surface area contributed by atoms with Gasteiger partial charge in [0.25, 0.3) is 5.91 Å². The summed E-state index contributed by atoms with van der Waals surface area (Å²) in [6.45, 7) is 2.06. The van der Waals surface area contributed by atoms with Crippen LogP contribution in [0, 0.1) is 5.92 Å². The number of carbonyl (C=O) groups is 1. The van der Waals surface area contributed by atoms with Crippen LogP contribution in [-0.2, 0) is 4.74 Å². The third-order valence-electron chi connectivity index (χ3n) is 3.10. The van der Waals surface area contributed by atoms with Crippen LogP contribution in [0.3, 0.4) is 0 Å². The summed E-state index contributed by atoms with van der Waals surface area (Å²) < 4.78 is 5.53. The van der Waals surface area contributed by atoms with Crippen LogP contribution >= 0.6 is 12.6 Å². The number of hydrogen-bond donors (Lipinski definition) is 1. The van der Waals surface area contributed by atoms with E-state index in [-0.39, 0.29) is 5.91 Å². The van der Waals surface area contributed by atoms with Crippen molar-refractivity contribution in [1.29, 1.82) is 0 Å². The fourth-order valence-electron chi connectivity index (χ4n) is 1.70. The molecule has 0 aliphatic heterocycles. The van der Waals surface area contributed by atoms with Crippen LogP contribution in [0.5, 0.6) is 0 Å². The minimum Gasteiger partial charge on any atom is -0.379 e. The average molecular weight is 265 g/mol. The van der Waals surface area contributed by atoms with E-state index in [1.54, 1.807) is 18.0 Å². The highest BCUT2D eigenvalue weighted by molar-refractivity contribution is 7.80. The van der Waals surface area contributed by atoms with E-state index < -0.39 is 0 Å². The lowest BCUT2D eigenvalue weighted by Crippen LogP contribution is -2.30. The van der Waals surface area contributed by atoms with Crippen molar-refractivity contribution in [2.75, 3.05) is 26.8 Å². The highest BCUT2D eigenvalue weighted by Crippen LogP contribution is 2.28. The van der Waals surface area contributed by atoms with Crippen LogP contribution in [0.2, 0.25) is 0 Å². The molecule has 1 aromatic carbocycles. The molecule has 0 atom stereocenters. The van der Waals surface area contributed by atoms with E-state index in [4.69, 9.17) is 4.74 Å². The van der Waals surface area contributed by atoms with Crippen molar-refractivity contribution >= 4 is 18.5 Å². The zero-order valence-electron chi connectivity index (χ0n) is 10.6. The second kappa shape index (κ2) is 6.25. The van der Waals surface area contributed by atoms with Gasteiger partial charge in [0, 0.05) is 25.1 Å². The van der Waals surface area contributed by atoms with Crippen molar-refractivity contribution in [1.82, 2.24) is 4.90 Å². The Morgan fingerprint density at radius 3 is 2.83 bits per heavy atom. The molecule has 4 heteroatoms. The Morgan fingerprint density at radius 2 is 2.17 bits per heavy atom. The first-order valence-corrected chi connectivity index (χ1v) is 6.74. The quantitative estimate of drug-likeness (QED) is 0.632. The zero-order valence-corrected chi connectivity index (χ0v) is 11.5. The largest absolute Gasteiger partial charge is 0.379 e. The van der Waals surface area contributed by atoms with Crippen LogP contribution in [0.1, 0.15) is 23.2 Å². The molecule has 98 valence electrons. The number of thiol groups is 1. The molecule has 0 spiro atoms. The van der Waals surface area contributed by atoms with Gasteiger partial charge in [0.15, 0.2) is 0 Å². The normalized spacial score (nSPS) is 14.6. The lowest BCUT2D eigenvalue weighted by atomic mass is 10.2. The van der Waals surface area contributed by atoms with Crippen molar-refractivity contribution in [2.24, 2.45) is 5.92 Å². The molecule has 1 saturated carbocycles. The Balaban J connectivity index is 1.78. The van der Waals surface area contributed by atoms with Crippen molar-refractivity contribution in [3.8, 4) is 0 Å². The van der Waals surface area contributed by atoms with E-state index in [9.17, 15) is 4.79 Å². The molecule has 0 aromatic heterocycles. The van der Waals surface area contributed by atoms with E-state index in [1.165, 1.54) is 12.8 Å². The van der Waals surface area contributed by atoms with Crippen molar-refractivity contribution in [3.05, 3.63) is 29.8 Å². The third-order valence-corrected chi connectivity index (χ3v) is 3.49. The summed E-state index contributed by atoms with van der Waals surface area (Å²) in [6, 6.07) is 7.35. The summed E-state index contributed by atoms with van der Waals surface area (Å²) in [5, 5.41) is 0. The van der Waals surface area contributed by atoms with E-state index in [0.29, 0.717) is 23.6 Å². The minimum atomic E-state index is -0.00405. The molecule has 3 nitrogen and oxygen atoms in total. The molecule has 1 aromatic rings. The van der Waals surface area contributed by atoms with E-state index in [2.05, 4.69) is 12.6 Å². The smallest absolute Gasteiger partial charge is 0.254 e. The van der Waals surface area contributed by atoms with E-state index >= 15 is 0 Å². The first kappa shape index (κ1) is 13.4. The summed E-state index contributed by atoms with van der Waals surface area (Å²) in [5.41, 5.74) is 0.644. The second-order valence-corrected chi connectivity index (χ2v) is 5.24. The molecule has 0 unspecified atom stereocenters. The number of ether oxygens (including phenoxy) is 1. The number of rotatable bonds is 6. The molecule has 0 N–H and O–H groups in total. The number of carbonyl (C=O) groups excluding carboxylic acids is 1. The molecule has 1 aliphatic rings. The van der Waals surface area contributed by atoms with Gasteiger partial charge in [-0.05, 0) is 30.9 Å². The predicted molar refractivity (Wildman–Crippen MR) is 74.2 cm³/mol. The molecule has 1 fully saturated rings. The Morgan fingerprint density at radius 1 is 1.44 bits per heavy atom. The highest BCUT2D eigenvalue weighted by Gasteiger charge is 2.21. The van der Waals surface area contributed by atoms with Crippen LogP contribution in [0.15, 0.2) is 29.2 Å². The maximum atomic E-state index is 12.1. The molecule has 0 bridgehead atoms. The maximum Gasteiger partial charge on any atom is 0.254 e. The van der Waals surface area contributed by atoms with Crippen LogP contribution in [0.25, 0.3) is 0 Å². The van der Waals surface area contributed by atoms with Crippen LogP contribution < -0.4 is 0 Å². The average Bonchev–Trinajstić information content (AvgIpc) is 3.18. The van der Waals surface area contributed by atoms with Crippen molar-refractivity contribution in [3.63, 3.8) is 0 Å². The second-order valence-electron chi connectivity index (χ2n) is 4.76. The fraction of sp³-hybridized carbons (Fsp3) is 0.500. The highest BCUT2D eigenvalue weighted by atomic mass is 32.1. The molecular weight excluding hydrogens is 246 g/mol. The lowest BCUT2D eigenvalue weighted by Gasteiger charge is -2.18. The Bertz CT molecular complexity index is 418. The monoisotopic (exact) mass is 265 g/mol. The summed E-state index contributed by atoms with van der Waals surface area (Å²) >= 11 is 4.30. The van der Waals surface area contributed by atoms with Gasteiger partial charge in [-0.25, -0.2) is 0 Å². The van der Waals surface area contributed by atoms with Crippen LogP contribution in [0.4, 0.5) is 0 Å². The van der Waals surface area contributed by atoms with Crippen LogP contribution in [-0.4, -0.2) is 37.6 Å². The third kappa shape index (κ3) is 3.75. The van der Waals surface area contributed by atoms with Gasteiger partial charge in [0.2, 0.25) is 0 Å². The molecule has 1 aliphatic carbocycles. The van der Waals surface area contributed by atoms with E-state index in [0.717, 1.165) is 12.5 Å². The Labute approximate surface area is 114 Å². The Hall–Kier alpha value is -1.00. The predicted octanol–water partition coefficient (Wildman–Crippen LogP) is 2.47. The molecule has 1 amide bonds. The summed E-state index contributed by atoms with van der Waals surface area (Å²) in [4.78, 5) is 14.5. The number of likely N-dealkylation sites (N-methyl/N-ethyl adjacent to an activating group) is 1. The van der Waals surface area contributed by atoms with Crippen molar-refractivity contribution < 1.29 is 9.53 Å². The maximum absolute atomic E-state index is 12.1. The topological polar surface area (TPSA) is 29.5 Å². The lowest BCUT2D eigenvalue weighted by molar-refractivity contribution is 0.0678. The molecular formula is C14H19NO2S. The van der Waals surface area contributed by atoms with Gasteiger partial charge in [-0.2, -0.15) is 0 Å². The summed E-state index contributed by atoms with van der Waals surface area (Å²) in [7, 11) is 1.79. The SMILES string of the molecule is CN(CCOCC1CC1)C(=O)c1ccccc1S. The Kier molecular flexibility index (Phi) is 4.66. The van der Waals surface area contributed by atoms with Gasteiger partial charge in [-0.1, -0.05) is 12.1 Å². The number of hydrogen-bond acceptors (Lipinski definition) is 3. The van der Waals surface area contributed by atoms with Gasteiger partial charge in [-0.3, -0.25) is 4.79 Å².